The van der Waals surface area contributed by atoms with Gasteiger partial charge in [-0.1, -0.05) is 6.92 Å². The van der Waals surface area contributed by atoms with Crippen molar-refractivity contribution in [2.45, 2.75) is 19.9 Å². The van der Waals surface area contributed by atoms with E-state index in [1.807, 2.05) is 5.38 Å². The largest absolute Gasteiger partial charge is 0.378 e. The fourth-order valence-corrected chi connectivity index (χ4v) is 2.54. The zero-order chi connectivity index (χ0) is 12.3. The van der Waals surface area contributed by atoms with Crippen molar-refractivity contribution in [3.8, 4) is 0 Å². The van der Waals surface area contributed by atoms with Crippen molar-refractivity contribution in [1.82, 2.24) is 4.98 Å². The lowest BCUT2D eigenvalue weighted by molar-refractivity contribution is 0.628. The van der Waals surface area contributed by atoms with Gasteiger partial charge in [0.15, 0.2) is 0 Å². The Morgan fingerprint density at radius 3 is 3.00 bits per heavy atom. The fourth-order valence-electron chi connectivity index (χ4n) is 1.41. The highest BCUT2D eigenvalue weighted by atomic mass is 79.9. The van der Waals surface area contributed by atoms with E-state index in [4.69, 9.17) is 0 Å². The predicted molar refractivity (Wildman–Crippen MR) is 72.9 cm³/mol. The highest BCUT2D eigenvalue weighted by Crippen LogP contribution is 2.23. The Morgan fingerprint density at radius 2 is 2.29 bits per heavy atom. The molecule has 0 aliphatic rings. The molecule has 2 aromatic rings. The summed E-state index contributed by atoms with van der Waals surface area (Å²) in [5.74, 6) is -0.247. The van der Waals surface area contributed by atoms with Gasteiger partial charge in [0.05, 0.1) is 22.9 Å². The van der Waals surface area contributed by atoms with E-state index in [2.05, 4.69) is 33.2 Å². The lowest BCUT2D eigenvalue weighted by Crippen LogP contribution is -2.01. The van der Waals surface area contributed by atoms with Gasteiger partial charge in [-0.05, 0) is 40.5 Å². The van der Waals surface area contributed by atoms with Gasteiger partial charge in [-0.2, -0.15) is 0 Å². The summed E-state index contributed by atoms with van der Waals surface area (Å²) in [6.07, 6.45) is 0.953. The van der Waals surface area contributed by atoms with Crippen molar-refractivity contribution >= 4 is 33.0 Å². The van der Waals surface area contributed by atoms with Crippen LogP contribution in [0.2, 0.25) is 0 Å². The lowest BCUT2D eigenvalue weighted by atomic mass is 10.3. The van der Waals surface area contributed by atoms with Gasteiger partial charge in [-0.15, -0.1) is 11.3 Å². The van der Waals surface area contributed by atoms with Gasteiger partial charge in [-0.25, -0.2) is 9.37 Å². The minimum atomic E-state index is -0.247. The first-order chi connectivity index (χ1) is 8.19. The maximum absolute atomic E-state index is 13.1. The zero-order valence-corrected chi connectivity index (χ0v) is 11.7. The Labute approximate surface area is 112 Å². The molecule has 0 fully saturated rings. The predicted octanol–water partition coefficient (Wildman–Crippen LogP) is 4.22. The summed E-state index contributed by atoms with van der Waals surface area (Å²) < 4.78 is 13.9. The van der Waals surface area contributed by atoms with Crippen LogP contribution in [0.5, 0.6) is 0 Å². The van der Waals surface area contributed by atoms with E-state index in [0.29, 0.717) is 6.54 Å². The van der Waals surface area contributed by atoms with Gasteiger partial charge >= 0.3 is 0 Å². The Hall–Kier alpha value is -0.940. The van der Waals surface area contributed by atoms with E-state index in [1.54, 1.807) is 17.4 Å². The molecule has 0 spiro atoms. The first-order valence-electron chi connectivity index (χ1n) is 5.31. The second kappa shape index (κ2) is 5.60. The molecule has 0 aliphatic heterocycles. The minimum Gasteiger partial charge on any atom is -0.378 e. The fraction of sp³-hybridized carbons (Fsp3) is 0.250. The van der Waals surface area contributed by atoms with Gasteiger partial charge in [0.1, 0.15) is 5.82 Å². The standard InChI is InChI=1S/C12H12BrFN2S/c1-2-12-16-9(7-17-12)6-15-11-5-8(14)3-4-10(11)13/h3-5,7,15H,2,6H2,1H3. The van der Waals surface area contributed by atoms with Gasteiger partial charge in [-0.3, -0.25) is 0 Å². The Bertz CT molecular complexity index is 513. The Kier molecular flexibility index (Phi) is 4.12. The molecule has 0 radical (unpaired) electrons. The van der Waals surface area contributed by atoms with Crippen molar-refractivity contribution in [1.29, 1.82) is 0 Å². The van der Waals surface area contributed by atoms with Crippen LogP contribution in [0.25, 0.3) is 0 Å². The molecular formula is C12H12BrFN2S. The summed E-state index contributed by atoms with van der Waals surface area (Å²) in [7, 11) is 0. The number of halogens is 2. The molecule has 90 valence electrons. The highest BCUT2D eigenvalue weighted by Gasteiger charge is 2.03. The topological polar surface area (TPSA) is 24.9 Å². The van der Waals surface area contributed by atoms with Crippen molar-refractivity contribution in [3.63, 3.8) is 0 Å². The molecule has 0 bridgehead atoms. The summed E-state index contributed by atoms with van der Waals surface area (Å²) in [5, 5.41) is 6.32. The van der Waals surface area contributed by atoms with Crippen LogP contribution in [0.3, 0.4) is 0 Å². The van der Waals surface area contributed by atoms with Crippen LogP contribution in [0.1, 0.15) is 17.6 Å². The summed E-state index contributed by atoms with van der Waals surface area (Å²) in [6, 6.07) is 4.58. The number of hydrogen-bond donors (Lipinski definition) is 1. The quantitative estimate of drug-likeness (QED) is 0.914. The SMILES string of the molecule is CCc1nc(CNc2cc(F)ccc2Br)cs1. The second-order valence-electron chi connectivity index (χ2n) is 3.56. The number of rotatable bonds is 4. The molecule has 2 nitrogen and oxygen atoms in total. The van der Waals surface area contributed by atoms with Crippen molar-refractivity contribution in [3.05, 3.63) is 44.6 Å². The van der Waals surface area contributed by atoms with E-state index in [1.165, 1.54) is 12.1 Å². The molecule has 1 aromatic carbocycles. The normalized spacial score (nSPS) is 10.5. The number of nitrogens with zero attached hydrogens (tertiary/aromatic N) is 1. The maximum Gasteiger partial charge on any atom is 0.125 e. The van der Waals surface area contributed by atoms with E-state index in [-0.39, 0.29) is 5.82 Å². The summed E-state index contributed by atoms with van der Waals surface area (Å²) in [5.41, 5.74) is 1.74. The van der Waals surface area contributed by atoms with Crippen molar-refractivity contribution in [2.24, 2.45) is 0 Å². The summed E-state index contributed by atoms with van der Waals surface area (Å²) in [4.78, 5) is 4.44. The van der Waals surface area contributed by atoms with Gasteiger partial charge in [0.2, 0.25) is 0 Å². The first kappa shape index (κ1) is 12.5. The molecule has 0 unspecified atom stereocenters. The van der Waals surface area contributed by atoms with E-state index >= 15 is 0 Å². The van der Waals surface area contributed by atoms with Crippen molar-refractivity contribution in [2.75, 3.05) is 5.32 Å². The van der Waals surface area contributed by atoms with Crippen LogP contribution in [0.15, 0.2) is 28.1 Å². The highest BCUT2D eigenvalue weighted by molar-refractivity contribution is 9.10. The smallest absolute Gasteiger partial charge is 0.125 e. The van der Waals surface area contributed by atoms with Gasteiger partial charge in [0.25, 0.3) is 0 Å². The molecule has 1 heterocycles. The average molecular weight is 315 g/mol. The van der Waals surface area contributed by atoms with Crippen LogP contribution < -0.4 is 5.32 Å². The monoisotopic (exact) mass is 314 g/mol. The number of nitrogens with one attached hydrogen (secondary N) is 1. The number of thiazole rings is 1. The molecule has 0 atom stereocenters. The number of aryl methyl sites for hydroxylation is 1. The van der Waals surface area contributed by atoms with E-state index in [9.17, 15) is 4.39 Å². The molecule has 5 heteroatoms. The Balaban J connectivity index is 2.04. The van der Waals surface area contributed by atoms with Crippen LogP contribution in [0.4, 0.5) is 10.1 Å². The average Bonchev–Trinajstić information content (AvgIpc) is 2.78. The third-order valence-corrected chi connectivity index (χ3v) is 4.02. The maximum atomic E-state index is 13.1. The van der Waals surface area contributed by atoms with Crippen LogP contribution >= 0.6 is 27.3 Å². The molecule has 1 aromatic heterocycles. The second-order valence-corrected chi connectivity index (χ2v) is 5.36. The molecule has 0 saturated heterocycles. The molecule has 17 heavy (non-hydrogen) atoms. The third kappa shape index (κ3) is 3.26. The van der Waals surface area contributed by atoms with Gasteiger partial charge < -0.3 is 5.32 Å². The molecule has 2 rings (SSSR count). The number of anilines is 1. The van der Waals surface area contributed by atoms with E-state index < -0.39 is 0 Å². The minimum absolute atomic E-state index is 0.247. The Morgan fingerprint density at radius 1 is 1.47 bits per heavy atom. The summed E-state index contributed by atoms with van der Waals surface area (Å²) in [6.45, 7) is 2.69. The van der Waals surface area contributed by atoms with Crippen LogP contribution in [-0.4, -0.2) is 4.98 Å². The summed E-state index contributed by atoms with van der Waals surface area (Å²) >= 11 is 5.03. The molecule has 0 amide bonds. The number of hydrogen-bond acceptors (Lipinski definition) is 3. The van der Waals surface area contributed by atoms with E-state index in [0.717, 1.165) is 27.3 Å². The number of benzene rings is 1. The zero-order valence-electron chi connectivity index (χ0n) is 9.34. The molecular weight excluding hydrogens is 303 g/mol. The first-order valence-corrected chi connectivity index (χ1v) is 6.98. The van der Waals surface area contributed by atoms with Crippen molar-refractivity contribution < 1.29 is 4.39 Å². The van der Waals surface area contributed by atoms with Gasteiger partial charge in [0, 0.05) is 9.85 Å². The molecule has 0 aliphatic carbocycles. The number of aromatic nitrogens is 1. The van der Waals surface area contributed by atoms with Crippen LogP contribution in [-0.2, 0) is 13.0 Å². The third-order valence-electron chi connectivity index (χ3n) is 2.29. The lowest BCUT2D eigenvalue weighted by Gasteiger charge is -2.06. The molecule has 0 saturated carbocycles. The molecule has 1 N–H and O–H groups in total. The van der Waals surface area contributed by atoms with Crippen LogP contribution in [0, 0.1) is 5.82 Å².